The fourth-order valence-electron chi connectivity index (χ4n) is 2.72. The summed E-state index contributed by atoms with van der Waals surface area (Å²) in [4.78, 5) is 30.7. The summed E-state index contributed by atoms with van der Waals surface area (Å²) in [5, 5.41) is 6.76. The van der Waals surface area contributed by atoms with Crippen LogP contribution in [-0.4, -0.2) is 40.1 Å². The third kappa shape index (κ3) is 3.72. The van der Waals surface area contributed by atoms with E-state index < -0.39 is 11.7 Å². The Kier molecular flexibility index (Phi) is 5.31. The summed E-state index contributed by atoms with van der Waals surface area (Å²) in [6, 6.07) is 5.63. The fourth-order valence-corrected chi connectivity index (χ4v) is 2.89. The molecule has 27 heavy (non-hydrogen) atoms. The number of hydrogen-bond acceptors (Lipinski definition) is 6. The van der Waals surface area contributed by atoms with Gasteiger partial charge < -0.3 is 9.47 Å². The number of H-pyrrole nitrogens is 1. The first kappa shape index (κ1) is 18.7. The van der Waals surface area contributed by atoms with E-state index in [0.717, 1.165) is 11.1 Å². The molecule has 0 unspecified atom stereocenters. The number of methoxy groups -OCH3 is 2. The molecule has 0 atom stereocenters. The lowest BCUT2D eigenvalue weighted by molar-refractivity contribution is 0.186. The van der Waals surface area contributed by atoms with E-state index >= 15 is 0 Å². The van der Waals surface area contributed by atoms with Gasteiger partial charge in [0.05, 0.1) is 26.5 Å². The van der Waals surface area contributed by atoms with Gasteiger partial charge >= 0.3 is 6.09 Å². The van der Waals surface area contributed by atoms with Gasteiger partial charge in [-0.1, -0.05) is 12.1 Å². The summed E-state index contributed by atoms with van der Waals surface area (Å²) in [6.45, 7) is 2.05. The zero-order valence-corrected chi connectivity index (χ0v) is 15.8. The zero-order valence-electron chi connectivity index (χ0n) is 15.0. The predicted octanol–water partition coefficient (Wildman–Crippen LogP) is 2.40. The van der Waals surface area contributed by atoms with Crippen molar-refractivity contribution in [2.45, 2.75) is 19.3 Å². The second kappa shape index (κ2) is 7.67. The number of hydrogen-bond donors (Lipinski definition) is 2. The number of amides is 1. The number of aromatic nitrogens is 4. The maximum Gasteiger partial charge on any atom is 0.413 e. The lowest BCUT2D eigenvalue weighted by atomic mass is 10.1. The molecule has 0 spiro atoms. The Balaban J connectivity index is 2.04. The monoisotopic (exact) mass is 391 g/mol. The first-order valence-electron chi connectivity index (χ1n) is 8.01. The minimum atomic E-state index is -0.730. The minimum absolute atomic E-state index is 0.00829. The number of carbonyl (C=O) groups is 1. The van der Waals surface area contributed by atoms with Crippen LogP contribution in [0.5, 0.6) is 5.75 Å². The molecule has 142 valence electrons. The Morgan fingerprint density at radius 3 is 2.81 bits per heavy atom. The standard InChI is InChI=1S/C17H18ClN5O4/c1-9-13-14(15(24)20-16(19-13)21-17(25)27-3)23(22-9)8-11-5-4-10(7-18)6-12(11)26-2/h4-6H,7-8H2,1-3H3,(H2,19,20,21,24,25). The number of benzene rings is 1. The van der Waals surface area contributed by atoms with E-state index in [1.165, 1.54) is 7.11 Å². The molecule has 0 bridgehead atoms. The van der Waals surface area contributed by atoms with Crippen LogP contribution >= 0.6 is 11.6 Å². The molecule has 2 heterocycles. The molecule has 0 aliphatic carbocycles. The van der Waals surface area contributed by atoms with Gasteiger partial charge in [-0.2, -0.15) is 5.10 Å². The molecule has 2 N–H and O–H groups in total. The van der Waals surface area contributed by atoms with E-state index in [0.29, 0.717) is 34.9 Å². The Hall–Kier alpha value is -3.07. The van der Waals surface area contributed by atoms with Crippen LogP contribution in [0.15, 0.2) is 23.0 Å². The summed E-state index contributed by atoms with van der Waals surface area (Å²) in [6.07, 6.45) is -0.730. The predicted molar refractivity (Wildman–Crippen MR) is 101 cm³/mol. The van der Waals surface area contributed by atoms with Crippen molar-refractivity contribution in [2.75, 3.05) is 19.5 Å². The highest BCUT2D eigenvalue weighted by Crippen LogP contribution is 2.23. The van der Waals surface area contributed by atoms with Crippen LogP contribution in [0.1, 0.15) is 16.8 Å². The minimum Gasteiger partial charge on any atom is -0.496 e. The molecule has 0 fully saturated rings. The first-order chi connectivity index (χ1) is 13.0. The van der Waals surface area contributed by atoms with Gasteiger partial charge in [0.25, 0.3) is 5.56 Å². The topological polar surface area (TPSA) is 111 Å². The normalized spacial score (nSPS) is 10.8. The Morgan fingerprint density at radius 1 is 1.37 bits per heavy atom. The molecule has 0 saturated carbocycles. The van der Waals surface area contributed by atoms with E-state index in [1.807, 2.05) is 18.2 Å². The number of halogens is 1. The Bertz CT molecular complexity index is 1060. The van der Waals surface area contributed by atoms with Crippen LogP contribution in [0, 0.1) is 6.92 Å². The van der Waals surface area contributed by atoms with Gasteiger partial charge in [-0.3, -0.25) is 19.8 Å². The lowest BCUT2D eigenvalue weighted by Crippen LogP contribution is -2.19. The molecule has 10 heteroatoms. The second-order valence-corrected chi connectivity index (χ2v) is 6.02. The van der Waals surface area contributed by atoms with E-state index in [1.54, 1.807) is 18.7 Å². The average Bonchev–Trinajstić information content (AvgIpc) is 2.97. The number of aromatic amines is 1. The molecular weight excluding hydrogens is 374 g/mol. The van der Waals surface area contributed by atoms with Gasteiger partial charge in [-0.15, -0.1) is 11.6 Å². The van der Waals surface area contributed by atoms with Crippen LogP contribution < -0.4 is 15.6 Å². The molecule has 0 aliphatic rings. The molecule has 1 amide bonds. The number of nitrogens with zero attached hydrogens (tertiary/aromatic N) is 3. The van der Waals surface area contributed by atoms with E-state index in [4.69, 9.17) is 16.3 Å². The molecule has 3 aromatic rings. The molecule has 2 aromatic heterocycles. The highest BCUT2D eigenvalue weighted by atomic mass is 35.5. The molecule has 3 rings (SSSR count). The molecule has 0 radical (unpaired) electrons. The fraction of sp³-hybridized carbons (Fsp3) is 0.294. The third-order valence-corrected chi connectivity index (χ3v) is 4.31. The zero-order chi connectivity index (χ0) is 19.6. The van der Waals surface area contributed by atoms with Crippen molar-refractivity contribution in [3.05, 3.63) is 45.4 Å². The highest BCUT2D eigenvalue weighted by molar-refractivity contribution is 6.17. The van der Waals surface area contributed by atoms with E-state index in [-0.39, 0.29) is 5.95 Å². The quantitative estimate of drug-likeness (QED) is 0.646. The molecule has 9 nitrogen and oxygen atoms in total. The van der Waals surface area contributed by atoms with Crippen molar-refractivity contribution >= 4 is 34.7 Å². The molecular formula is C17H18ClN5O4. The van der Waals surface area contributed by atoms with Crippen LogP contribution in [0.3, 0.4) is 0 Å². The summed E-state index contributed by atoms with van der Waals surface area (Å²) in [5.74, 6) is 1.02. The van der Waals surface area contributed by atoms with Crippen molar-refractivity contribution < 1.29 is 14.3 Å². The van der Waals surface area contributed by atoms with Crippen LogP contribution in [0.2, 0.25) is 0 Å². The number of anilines is 1. The number of rotatable bonds is 5. The van der Waals surface area contributed by atoms with Crippen LogP contribution in [0.4, 0.5) is 10.7 Å². The van der Waals surface area contributed by atoms with Crippen molar-refractivity contribution in [3.63, 3.8) is 0 Å². The number of carbonyl (C=O) groups excluding carboxylic acids is 1. The lowest BCUT2D eigenvalue weighted by Gasteiger charge is -2.10. The molecule has 0 aliphatic heterocycles. The van der Waals surface area contributed by atoms with Crippen molar-refractivity contribution in [1.82, 2.24) is 19.7 Å². The largest absolute Gasteiger partial charge is 0.496 e. The van der Waals surface area contributed by atoms with Crippen LogP contribution in [-0.2, 0) is 17.2 Å². The van der Waals surface area contributed by atoms with Gasteiger partial charge in [0.15, 0.2) is 5.52 Å². The van der Waals surface area contributed by atoms with Gasteiger partial charge in [0.2, 0.25) is 5.95 Å². The van der Waals surface area contributed by atoms with E-state index in [2.05, 4.69) is 25.1 Å². The van der Waals surface area contributed by atoms with Crippen molar-refractivity contribution in [2.24, 2.45) is 0 Å². The summed E-state index contributed by atoms with van der Waals surface area (Å²) >= 11 is 5.87. The first-order valence-corrected chi connectivity index (χ1v) is 8.54. The summed E-state index contributed by atoms with van der Waals surface area (Å²) in [5.41, 5.74) is 2.58. The van der Waals surface area contributed by atoms with Crippen LogP contribution in [0.25, 0.3) is 11.0 Å². The maximum atomic E-state index is 12.6. The Morgan fingerprint density at radius 2 is 2.15 bits per heavy atom. The highest BCUT2D eigenvalue weighted by Gasteiger charge is 2.17. The summed E-state index contributed by atoms with van der Waals surface area (Å²) in [7, 11) is 2.79. The number of ether oxygens (including phenoxy) is 2. The second-order valence-electron chi connectivity index (χ2n) is 5.75. The van der Waals surface area contributed by atoms with Gasteiger partial charge in [-0.05, 0) is 18.6 Å². The van der Waals surface area contributed by atoms with Crippen molar-refractivity contribution in [3.8, 4) is 5.75 Å². The smallest absolute Gasteiger partial charge is 0.413 e. The van der Waals surface area contributed by atoms with Gasteiger partial charge in [-0.25, -0.2) is 9.78 Å². The number of aryl methyl sites for hydroxylation is 1. The van der Waals surface area contributed by atoms with Crippen molar-refractivity contribution in [1.29, 1.82) is 0 Å². The van der Waals surface area contributed by atoms with E-state index in [9.17, 15) is 9.59 Å². The maximum absolute atomic E-state index is 12.6. The number of nitrogens with one attached hydrogen (secondary N) is 2. The van der Waals surface area contributed by atoms with Gasteiger partial charge in [0.1, 0.15) is 11.3 Å². The SMILES string of the molecule is COC(=O)Nc1nc2c(C)nn(Cc3ccc(CCl)cc3OC)c2c(=O)[nH]1. The number of alkyl halides is 1. The molecule has 1 aromatic carbocycles. The molecule has 0 saturated heterocycles. The summed E-state index contributed by atoms with van der Waals surface area (Å²) < 4.78 is 11.5. The third-order valence-electron chi connectivity index (χ3n) is 4.00. The Labute approximate surface area is 159 Å². The number of fused-ring (bicyclic) bond motifs is 1. The average molecular weight is 392 g/mol. The van der Waals surface area contributed by atoms with Gasteiger partial charge in [0, 0.05) is 11.4 Å².